The minimum Gasteiger partial charge on any atom is -0.312 e. The first-order valence-electron chi connectivity index (χ1n) is 6.39. The summed E-state index contributed by atoms with van der Waals surface area (Å²) in [5.74, 6) is 0. The van der Waals surface area contributed by atoms with Gasteiger partial charge in [0.05, 0.1) is 11.5 Å². The second kappa shape index (κ2) is 5.06. The van der Waals surface area contributed by atoms with E-state index in [4.69, 9.17) is 0 Å². The van der Waals surface area contributed by atoms with E-state index in [0.717, 1.165) is 6.54 Å². The third-order valence-electron chi connectivity index (χ3n) is 3.82. The van der Waals surface area contributed by atoms with Gasteiger partial charge in [0.2, 0.25) is 0 Å². The Morgan fingerprint density at radius 1 is 1.67 bits per heavy atom. The van der Waals surface area contributed by atoms with Gasteiger partial charge in [0.1, 0.15) is 12.4 Å². The van der Waals surface area contributed by atoms with Crippen LogP contribution in [0.2, 0.25) is 0 Å². The fraction of sp³-hybridized carbons (Fsp3) is 0.750. The number of hydrogen-bond donors (Lipinski definition) is 1. The molecule has 1 aromatic heterocycles. The molecule has 1 aliphatic rings. The zero-order chi connectivity index (χ0) is 13.2. The van der Waals surface area contributed by atoms with Gasteiger partial charge in [-0.2, -0.15) is 5.10 Å². The van der Waals surface area contributed by atoms with Gasteiger partial charge in [-0.3, -0.25) is 14.8 Å². The Bertz CT molecular complexity index is 427. The highest BCUT2D eigenvalue weighted by Gasteiger charge is 2.33. The summed E-state index contributed by atoms with van der Waals surface area (Å²) < 4.78 is 1.62. The van der Waals surface area contributed by atoms with Crippen LogP contribution in [0.1, 0.15) is 33.1 Å². The minimum atomic E-state index is -0.420. The fourth-order valence-electron chi connectivity index (χ4n) is 2.63. The third-order valence-corrected chi connectivity index (χ3v) is 3.82. The molecule has 2 rings (SSSR count). The summed E-state index contributed by atoms with van der Waals surface area (Å²) >= 11 is 0. The Hall–Kier alpha value is -1.43. The average Bonchev–Trinajstić information content (AvgIpc) is 2.86. The standard InChI is InChI=1S/C12H20N4O2/c1-12(2)5-3-4-11(12)13-6-7-15-9-10(8-14-15)16(17)18/h8-9,11,13H,3-7H2,1-2H3/t11-/m1/s1. The highest BCUT2D eigenvalue weighted by molar-refractivity contribution is 5.20. The lowest BCUT2D eigenvalue weighted by atomic mass is 9.87. The second-order valence-corrected chi connectivity index (χ2v) is 5.61. The highest BCUT2D eigenvalue weighted by Crippen LogP contribution is 2.36. The molecule has 18 heavy (non-hydrogen) atoms. The van der Waals surface area contributed by atoms with E-state index in [1.54, 1.807) is 4.68 Å². The van der Waals surface area contributed by atoms with Crippen molar-refractivity contribution in [3.8, 4) is 0 Å². The summed E-state index contributed by atoms with van der Waals surface area (Å²) in [5, 5.41) is 18.0. The molecular formula is C12H20N4O2. The van der Waals surface area contributed by atoms with Crippen LogP contribution in [0.5, 0.6) is 0 Å². The number of nitro groups is 1. The lowest BCUT2D eigenvalue weighted by molar-refractivity contribution is -0.385. The average molecular weight is 252 g/mol. The van der Waals surface area contributed by atoms with Crippen molar-refractivity contribution in [2.75, 3.05) is 6.54 Å². The van der Waals surface area contributed by atoms with E-state index in [-0.39, 0.29) is 5.69 Å². The number of aromatic nitrogens is 2. The van der Waals surface area contributed by atoms with Gasteiger partial charge in [0.15, 0.2) is 0 Å². The largest absolute Gasteiger partial charge is 0.312 e. The Balaban J connectivity index is 1.79. The molecule has 1 saturated carbocycles. The zero-order valence-electron chi connectivity index (χ0n) is 10.9. The predicted molar refractivity (Wildman–Crippen MR) is 68.3 cm³/mol. The first-order valence-corrected chi connectivity index (χ1v) is 6.39. The second-order valence-electron chi connectivity index (χ2n) is 5.61. The first-order chi connectivity index (χ1) is 8.49. The van der Waals surface area contributed by atoms with Crippen LogP contribution in [0.15, 0.2) is 12.4 Å². The van der Waals surface area contributed by atoms with Gasteiger partial charge in [-0.05, 0) is 18.3 Å². The van der Waals surface area contributed by atoms with Gasteiger partial charge < -0.3 is 5.32 Å². The van der Waals surface area contributed by atoms with Crippen LogP contribution in [0.25, 0.3) is 0 Å². The van der Waals surface area contributed by atoms with Crippen molar-refractivity contribution in [1.82, 2.24) is 15.1 Å². The topological polar surface area (TPSA) is 73.0 Å². The van der Waals surface area contributed by atoms with Gasteiger partial charge in [-0.1, -0.05) is 20.3 Å². The fourth-order valence-corrected chi connectivity index (χ4v) is 2.63. The Morgan fingerprint density at radius 2 is 2.44 bits per heavy atom. The molecular weight excluding hydrogens is 232 g/mol. The lowest BCUT2D eigenvalue weighted by Gasteiger charge is -2.27. The van der Waals surface area contributed by atoms with Crippen LogP contribution in [0, 0.1) is 15.5 Å². The number of nitrogens with zero attached hydrogens (tertiary/aromatic N) is 3. The normalized spacial score (nSPS) is 22.2. The van der Waals surface area contributed by atoms with Crippen molar-refractivity contribution in [1.29, 1.82) is 0 Å². The molecule has 1 aliphatic carbocycles. The molecule has 1 aromatic rings. The molecule has 6 nitrogen and oxygen atoms in total. The maximum absolute atomic E-state index is 10.5. The molecule has 0 spiro atoms. The van der Waals surface area contributed by atoms with Crippen LogP contribution in [0.4, 0.5) is 5.69 Å². The van der Waals surface area contributed by atoms with Gasteiger partial charge in [-0.15, -0.1) is 0 Å². The highest BCUT2D eigenvalue weighted by atomic mass is 16.6. The zero-order valence-corrected chi connectivity index (χ0v) is 10.9. The summed E-state index contributed by atoms with van der Waals surface area (Å²) in [4.78, 5) is 10.1. The van der Waals surface area contributed by atoms with Crippen LogP contribution in [-0.4, -0.2) is 27.3 Å². The van der Waals surface area contributed by atoms with E-state index in [2.05, 4.69) is 24.3 Å². The van der Waals surface area contributed by atoms with Crippen molar-refractivity contribution in [3.63, 3.8) is 0 Å². The van der Waals surface area contributed by atoms with Gasteiger partial charge in [-0.25, -0.2) is 0 Å². The van der Waals surface area contributed by atoms with E-state index in [9.17, 15) is 10.1 Å². The molecule has 0 aromatic carbocycles. The van der Waals surface area contributed by atoms with E-state index < -0.39 is 4.92 Å². The van der Waals surface area contributed by atoms with Crippen molar-refractivity contribution in [3.05, 3.63) is 22.5 Å². The van der Waals surface area contributed by atoms with Gasteiger partial charge >= 0.3 is 5.69 Å². The van der Waals surface area contributed by atoms with Crippen molar-refractivity contribution >= 4 is 5.69 Å². The molecule has 6 heteroatoms. The van der Waals surface area contributed by atoms with E-state index in [0.29, 0.717) is 18.0 Å². The molecule has 1 N–H and O–H groups in total. The lowest BCUT2D eigenvalue weighted by Crippen LogP contribution is -2.39. The van der Waals surface area contributed by atoms with E-state index in [1.807, 2.05) is 0 Å². The molecule has 1 heterocycles. The summed E-state index contributed by atoms with van der Waals surface area (Å²) in [6.45, 7) is 6.04. The summed E-state index contributed by atoms with van der Waals surface area (Å²) in [6.07, 6.45) is 6.52. The number of nitrogens with one attached hydrogen (secondary N) is 1. The molecule has 0 radical (unpaired) electrons. The maximum Gasteiger partial charge on any atom is 0.306 e. The predicted octanol–water partition coefficient (Wildman–Crippen LogP) is 1.96. The molecule has 0 unspecified atom stereocenters. The monoisotopic (exact) mass is 252 g/mol. The van der Waals surface area contributed by atoms with E-state index >= 15 is 0 Å². The van der Waals surface area contributed by atoms with E-state index in [1.165, 1.54) is 31.7 Å². The molecule has 0 amide bonds. The Morgan fingerprint density at radius 3 is 3.00 bits per heavy atom. The maximum atomic E-state index is 10.5. The van der Waals surface area contributed by atoms with Crippen LogP contribution in [0.3, 0.4) is 0 Å². The van der Waals surface area contributed by atoms with Crippen molar-refractivity contribution < 1.29 is 4.92 Å². The molecule has 0 bridgehead atoms. The van der Waals surface area contributed by atoms with Crippen LogP contribution < -0.4 is 5.32 Å². The van der Waals surface area contributed by atoms with Crippen LogP contribution in [-0.2, 0) is 6.54 Å². The van der Waals surface area contributed by atoms with Crippen molar-refractivity contribution in [2.24, 2.45) is 5.41 Å². The summed E-state index contributed by atoms with van der Waals surface area (Å²) in [5.41, 5.74) is 0.409. The third kappa shape index (κ3) is 2.87. The molecule has 100 valence electrons. The smallest absolute Gasteiger partial charge is 0.306 e. The summed E-state index contributed by atoms with van der Waals surface area (Å²) in [6, 6.07) is 0.544. The Kier molecular flexibility index (Phi) is 3.65. The molecule has 0 saturated heterocycles. The quantitative estimate of drug-likeness (QED) is 0.642. The first kappa shape index (κ1) is 13.0. The Labute approximate surface area is 107 Å². The molecule has 0 aliphatic heterocycles. The van der Waals surface area contributed by atoms with Gasteiger partial charge in [0.25, 0.3) is 0 Å². The molecule has 1 atom stereocenters. The van der Waals surface area contributed by atoms with Crippen molar-refractivity contribution in [2.45, 2.75) is 45.7 Å². The number of hydrogen-bond acceptors (Lipinski definition) is 4. The minimum absolute atomic E-state index is 0.0520. The molecule has 1 fully saturated rings. The summed E-state index contributed by atoms with van der Waals surface area (Å²) in [7, 11) is 0. The number of rotatable bonds is 5. The SMILES string of the molecule is CC1(C)CCC[C@H]1NCCn1cc([N+](=O)[O-])cn1. The van der Waals surface area contributed by atoms with Crippen LogP contribution >= 0.6 is 0 Å². The van der Waals surface area contributed by atoms with Gasteiger partial charge in [0, 0.05) is 12.6 Å².